The summed E-state index contributed by atoms with van der Waals surface area (Å²) in [6, 6.07) is 5.55. The Balaban J connectivity index is 1.36. The number of aryl methyl sites for hydroxylation is 1. The van der Waals surface area contributed by atoms with Crippen molar-refractivity contribution in [2.75, 3.05) is 0 Å². The van der Waals surface area contributed by atoms with E-state index in [9.17, 15) is 15.0 Å². The van der Waals surface area contributed by atoms with Crippen LogP contribution in [0.4, 0.5) is 4.39 Å². The molecule has 3 aliphatic rings. The molecule has 170 valence electrons. The van der Waals surface area contributed by atoms with Crippen LogP contribution in [0.1, 0.15) is 59.2 Å². The van der Waals surface area contributed by atoms with E-state index in [0.717, 1.165) is 37.7 Å². The molecule has 2 saturated carbocycles. The van der Waals surface area contributed by atoms with Crippen molar-refractivity contribution in [3.63, 3.8) is 0 Å². The molecular formula is C26H29FO4S. The van der Waals surface area contributed by atoms with E-state index in [4.69, 9.17) is 4.74 Å². The minimum atomic E-state index is -1.03. The Kier molecular flexibility index (Phi) is 5.62. The maximum Gasteiger partial charge on any atom is 0.336 e. The SMILES string of the molecule is Cc1c(C(=O)O)ccc2c1O[C@H]1C[C@@H](F)[C@H](/C=C/C(O)C3(c4ccsc4)CCC3)[C@H]1CC2. The molecule has 5 rings (SSSR count). The highest BCUT2D eigenvalue weighted by Crippen LogP contribution is 2.49. The number of hydrogen-bond donors (Lipinski definition) is 2. The molecule has 1 aromatic carbocycles. The summed E-state index contributed by atoms with van der Waals surface area (Å²) < 4.78 is 21.4. The highest BCUT2D eigenvalue weighted by atomic mass is 32.1. The van der Waals surface area contributed by atoms with Crippen molar-refractivity contribution >= 4 is 17.3 Å². The number of halogens is 1. The van der Waals surface area contributed by atoms with Gasteiger partial charge >= 0.3 is 5.97 Å². The molecule has 0 radical (unpaired) electrons. The van der Waals surface area contributed by atoms with Crippen molar-refractivity contribution < 1.29 is 24.1 Å². The van der Waals surface area contributed by atoms with Gasteiger partial charge in [-0.1, -0.05) is 24.6 Å². The van der Waals surface area contributed by atoms with Crippen LogP contribution in [0.25, 0.3) is 0 Å². The van der Waals surface area contributed by atoms with Crippen LogP contribution in [0.3, 0.4) is 0 Å². The van der Waals surface area contributed by atoms with Crippen LogP contribution in [0.2, 0.25) is 0 Å². The molecule has 1 unspecified atom stereocenters. The Labute approximate surface area is 191 Å². The number of aliphatic hydroxyl groups excluding tert-OH is 1. The van der Waals surface area contributed by atoms with E-state index in [0.29, 0.717) is 17.7 Å². The zero-order chi connectivity index (χ0) is 22.5. The minimum Gasteiger partial charge on any atom is -0.489 e. The van der Waals surface area contributed by atoms with Gasteiger partial charge in [-0.2, -0.15) is 11.3 Å². The number of aliphatic hydroxyl groups is 1. The summed E-state index contributed by atoms with van der Waals surface area (Å²) >= 11 is 1.64. The number of hydrogen-bond acceptors (Lipinski definition) is 4. The summed E-state index contributed by atoms with van der Waals surface area (Å²) in [6.45, 7) is 1.76. The van der Waals surface area contributed by atoms with Gasteiger partial charge in [0.15, 0.2) is 0 Å². The van der Waals surface area contributed by atoms with E-state index in [1.807, 2.05) is 23.6 Å². The molecule has 2 aliphatic carbocycles. The third-order valence-corrected chi connectivity index (χ3v) is 8.69. The van der Waals surface area contributed by atoms with Crippen molar-refractivity contribution in [2.45, 2.75) is 69.2 Å². The van der Waals surface area contributed by atoms with Crippen molar-refractivity contribution in [2.24, 2.45) is 11.8 Å². The smallest absolute Gasteiger partial charge is 0.336 e. The Morgan fingerprint density at radius 1 is 1.34 bits per heavy atom. The maximum absolute atomic E-state index is 15.1. The Morgan fingerprint density at radius 2 is 2.16 bits per heavy atom. The number of thiophene rings is 1. The number of fused-ring (bicyclic) bond motifs is 2. The molecule has 0 bridgehead atoms. The highest BCUT2D eigenvalue weighted by molar-refractivity contribution is 7.08. The second kappa shape index (κ2) is 8.31. The quantitative estimate of drug-likeness (QED) is 0.586. The molecule has 2 aromatic rings. The summed E-state index contributed by atoms with van der Waals surface area (Å²) in [7, 11) is 0. The van der Waals surface area contributed by atoms with Gasteiger partial charge in [0.05, 0.1) is 11.7 Å². The summed E-state index contributed by atoms with van der Waals surface area (Å²) in [6.07, 6.45) is 6.59. The first kappa shape index (κ1) is 21.7. The van der Waals surface area contributed by atoms with Gasteiger partial charge in [-0.05, 0) is 66.6 Å². The Hall–Kier alpha value is -2.18. The van der Waals surface area contributed by atoms with Gasteiger partial charge in [-0.15, -0.1) is 0 Å². The standard InChI is InChI=1S/C26H29FO4S/c1-15-18(25(29)30)5-3-16-4-6-20-19(21(27)13-22(20)31-24(15)16)7-8-23(28)26(10-2-11-26)17-9-12-32-14-17/h3,5,7-9,12,14,19-23,28H,2,4,6,10-11,13H2,1H3,(H,29,30)/b8-7+/t19-,20-,21-,22+,23?/m1/s1. The van der Waals surface area contributed by atoms with Gasteiger partial charge in [0.2, 0.25) is 0 Å². The topological polar surface area (TPSA) is 66.8 Å². The number of alkyl halides is 1. The average molecular weight is 457 g/mol. The van der Waals surface area contributed by atoms with E-state index in [1.54, 1.807) is 24.3 Å². The molecule has 0 spiro atoms. The number of ether oxygens (including phenoxy) is 1. The summed E-state index contributed by atoms with van der Waals surface area (Å²) in [4.78, 5) is 11.5. The molecule has 2 N–H and O–H groups in total. The number of carboxylic acids is 1. The summed E-state index contributed by atoms with van der Waals surface area (Å²) in [5, 5.41) is 24.7. The number of aromatic carboxylic acids is 1. The highest BCUT2D eigenvalue weighted by Gasteiger charge is 2.47. The van der Waals surface area contributed by atoms with Crippen molar-refractivity contribution in [1.29, 1.82) is 0 Å². The van der Waals surface area contributed by atoms with Crippen LogP contribution in [-0.2, 0) is 11.8 Å². The molecule has 32 heavy (non-hydrogen) atoms. The molecule has 4 nitrogen and oxygen atoms in total. The number of allylic oxidation sites excluding steroid dienone is 1. The lowest BCUT2D eigenvalue weighted by atomic mass is 9.61. The number of rotatable bonds is 5. The van der Waals surface area contributed by atoms with Crippen LogP contribution in [-0.4, -0.2) is 34.6 Å². The lowest BCUT2D eigenvalue weighted by Gasteiger charge is -2.44. The third-order valence-electron chi connectivity index (χ3n) is 8.00. The van der Waals surface area contributed by atoms with E-state index in [1.165, 1.54) is 5.56 Å². The Bertz CT molecular complexity index is 1030. The van der Waals surface area contributed by atoms with Crippen molar-refractivity contribution in [3.8, 4) is 5.75 Å². The summed E-state index contributed by atoms with van der Waals surface area (Å²) in [5.41, 5.74) is 2.79. The lowest BCUT2D eigenvalue weighted by molar-refractivity contribution is 0.0622. The zero-order valence-electron chi connectivity index (χ0n) is 18.2. The van der Waals surface area contributed by atoms with Crippen LogP contribution < -0.4 is 4.74 Å². The number of carbonyl (C=O) groups is 1. The molecule has 2 fully saturated rings. The van der Waals surface area contributed by atoms with E-state index < -0.39 is 18.2 Å². The lowest BCUT2D eigenvalue weighted by Crippen LogP contribution is -2.44. The van der Waals surface area contributed by atoms with E-state index in [2.05, 4.69) is 11.4 Å². The number of carboxylic acid groups (broad SMARTS) is 1. The molecule has 0 saturated heterocycles. The number of benzene rings is 1. The van der Waals surface area contributed by atoms with Gasteiger partial charge in [0, 0.05) is 29.2 Å². The molecule has 6 heteroatoms. The van der Waals surface area contributed by atoms with Gasteiger partial charge < -0.3 is 14.9 Å². The molecule has 5 atom stereocenters. The Morgan fingerprint density at radius 3 is 2.81 bits per heavy atom. The van der Waals surface area contributed by atoms with Crippen LogP contribution in [0.5, 0.6) is 5.75 Å². The maximum atomic E-state index is 15.1. The van der Waals surface area contributed by atoms with Gasteiger partial charge in [0.1, 0.15) is 18.0 Å². The molecule has 0 amide bonds. The largest absolute Gasteiger partial charge is 0.489 e. The first-order valence-corrected chi connectivity index (χ1v) is 12.4. The van der Waals surface area contributed by atoms with Crippen molar-refractivity contribution in [3.05, 3.63) is 63.4 Å². The fourth-order valence-electron chi connectivity index (χ4n) is 5.94. The van der Waals surface area contributed by atoms with Gasteiger partial charge in [-0.25, -0.2) is 9.18 Å². The first-order valence-electron chi connectivity index (χ1n) is 11.5. The monoisotopic (exact) mass is 456 g/mol. The van der Waals surface area contributed by atoms with Crippen LogP contribution in [0, 0.1) is 18.8 Å². The first-order chi connectivity index (χ1) is 15.4. The molecule has 2 heterocycles. The average Bonchev–Trinajstić information content (AvgIpc) is 3.30. The fourth-order valence-corrected chi connectivity index (χ4v) is 6.70. The van der Waals surface area contributed by atoms with Crippen molar-refractivity contribution in [1.82, 2.24) is 0 Å². The zero-order valence-corrected chi connectivity index (χ0v) is 19.0. The van der Waals surface area contributed by atoms with Gasteiger partial charge in [0.25, 0.3) is 0 Å². The second-order valence-corrected chi connectivity index (χ2v) is 10.4. The van der Waals surface area contributed by atoms with Gasteiger partial charge in [-0.3, -0.25) is 0 Å². The van der Waals surface area contributed by atoms with Crippen LogP contribution in [0.15, 0.2) is 41.1 Å². The summed E-state index contributed by atoms with van der Waals surface area (Å²) in [5.74, 6) is -0.662. The second-order valence-electron chi connectivity index (χ2n) is 9.57. The fraction of sp³-hybridized carbons (Fsp3) is 0.500. The molecule has 1 aliphatic heterocycles. The molecule has 1 aromatic heterocycles. The predicted molar refractivity (Wildman–Crippen MR) is 122 cm³/mol. The minimum absolute atomic E-state index is 0.00650. The van der Waals surface area contributed by atoms with Crippen LogP contribution >= 0.6 is 11.3 Å². The predicted octanol–water partition coefficient (Wildman–Crippen LogP) is 5.46. The third kappa shape index (κ3) is 3.48. The van der Waals surface area contributed by atoms with E-state index in [-0.39, 0.29) is 28.9 Å². The normalized spacial score (nSPS) is 29.5. The van der Waals surface area contributed by atoms with E-state index >= 15 is 4.39 Å². The molecular weight excluding hydrogens is 427 g/mol.